The van der Waals surface area contributed by atoms with Crippen molar-refractivity contribution in [3.8, 4) is 0 Å². The van der Waals surface area contributed by atoms with Crippen LogP contribution in [0.2, 0.25) is 0 Å². The summed E-state index contributed by atoms with van der Waals surface area (Å²) in [6, 6.07) is 0.629. The highest BCUT2D eigenvalue weighted by atomic mass is 32.2. The first-order chi connectivity index (χ1) is 6.66. The first kappa shape index (κ1) is 14.3. The van der Waals surface area contributed by atoms with E-state index in [0.29, 0.717) is 6.04 Å². The summed E-state index contributed by atoms with van der Waals surface area (Å²) in [6.07, 6.45) is 4.77. The van der Waals surface area contributed by atoms with Crippen LogP contribution in [0.1, 0.15) is 26.7 Å². The summed E-state index contributed by atoms with van der Waals surface area (Å²) in [5.74, 6) is 1.25. The molecule has 0 unspecified atom stereocenters. The van der Waals surface area contributed by atoms with E-state index in [-0.39, 0.29) is 0 Å². The molecule has 0 spiro atoms. The van der Waals surface area contributed by atoms with Gasteiger partial charge in [0.1, 0.15) is 0 Å². The van der Waals surface area contributed by atoms with Gasteiger partial charge in [0.05, 0.1) is 0 Å². The Balaban J connectivity index is 3.10. The van der Waals surface area contributed by atoms with Gasteiger partial charge in [-0.1, -0.05) is 13.8 Å². The molecule has 3 heteroatoms. The minimum atomic E-state index is 0.629. The van der Waals surface area contributed by atoms with Crippen molar-refractivity contribution in [3.05, 3.63) is 0 Å². The molecule has 0 fully saturated rings. The lowest BCUT2D eigenvalue weighted by Gasteiger charge is -2.15. The van der Waals surface area contributed by atoms with Crippen molar-refractivity contribution >= 4 is 11.8 Å². The zero-order valence-corrected chi connectivity index (χ0v) is 11.0. The highest BCUT2D eigenvalue weighted by Gasteiger charge is 1.97. The van der Waals surface area contributed by atoms with Crippen LogP contribution in [0.4, 0.5) is 0 Å². The Morgan fingerprint density at radius 3 is 2.50 bits per heavy atom. The normalized spacial score (nSPS) is 11.6. The molecule has 0 aromatic rings. The summed E-state index contributed by atoms with van der Waals surface area (Å²) in [6.45, 7) is 8.02. The van der Waals surface area contributed by atoms with Crippen molar-refractivity contribution < 1.29 is 0 Å². The lowest BCUT2D eigenvalue weighted by molar-refractivity contribution is 0.343. The smallest absolute Gasteiger partial charge is 0.00692 e. The van der Waals surface area contributed by atoms with Crippen LogP contribution in [0, 0.1) is 0 Å². The van der Waals surface area contributed by atoms with E-state index in [1.807, 2.05) is 11.8 Å². The van der Waals surface area contributed by atoms with E-state index in [0.717, 1.165) is 6.54 Å². The molecule has 0 aliphatic rings. The lowest BCUT2D eigenvalue weighted by Crippen LogP contribution is -2.26. The van der Waals surface area contributed by atoms with E-state index in [2.05, 4.69) is 37.4 Å². The second kappa shape index (κ2) is 9.81. The molecular formula is C11H26N2S. The monoisotopic (exact) mass is 218 g/mol. The van der Waals surface area contributed by atoms with Crippen LogP contribution in [-0.4, -0.2) is 49.6 Å². The molecular weight excluding hydrogens is 192 g/mol. The van der Waals surface area contributed by atoms with Gasteiger partial charge < -0.3 is 10.2 Å². The molecule has 0 amide bonds. The first-order valence-corrected chi connectivity index (χ1v) is 6.97. The topological polar surface area (TPSA) is 15.3 Å². The quantitative estimate of drug-likeness (QED) is 0.596. The highest BCUT2D eigenvalue weighted by Crippen LogP contribution is 1.96. The summed E-state index contributed by atoms with van der Waals surface area (Å²) in [7, 11) is 2.21. The molecule has 0 aliphatic carbocycles. The van der Waals surface area contributed by atoms with Crippen molar-refractivity contribution in [1.82, 2.24) is 10.2 Å². The zero-order valence-electron chi connectivity index (χ0n) is 10.2. The minimum Gasteiger partial charge on any atom is -0.315 e. The van der Waals surface area contributed by atoms with Gasteiger partial charge in [-0.25, -0.2) is 0 Å². The van der Waals surface area contributed by atoms with E-state index in [1.54, 1.807) is 0 Å². The third-order valence-corrected chi connectivity index (χ3v) is 2.79. The molecule has 14 heavy (non-hydrogen) atoms. The summed E-state index contributed by atoms with van der Waals surface area (Å²) in [5.41, 5.74) is 0. The number of rotatable bonds is 9. The molecule has 0 heterocycles. The van der Waals surface area contributed by atoms with Crippen LogP contribution < -0.4 is 5.32 Å². The Kier molecular flexibility index (Phi) is 10.0. The Morgan fingerprint density at radius 1 is 1.21 bits per heavy atom. The van der Waals surface area contributed by atoms with E-state index in [9.17, 15) is 0 Å². The fourth-order valence-electron chi connectivity index (χ4n) is 1.26. The molecule has 0 aromatic carbocycles. The third kappa shape index (κ3) is 10.4. The molecule has 0 atom stereocenters. The zero-order chi connectivity index (χ0) is 10.8. The summed E-state index contributed by atoms with van der Waals surface area (Å²) >= 11 is 1.92. The summed E-state index contributed by atoms with van der Waals surface area (Å²) in [4.78, 5) is 2.42. The van der Waals surface area contributed by atoms with Crippen LogP contribution in [0.5, 0.6) is 0 Å². The van der Waals surface area contributed by atoms with E-state index in [4.69, 9.17) is 0 Å². The van der Waals surface area contributed by atoms with Crippen molar-refractivity contribution in [3.63, 3.8) is 0 Å². The highest BCUT2D eigenvalue weighted by molar-refractivity contribution is 7.98. The van der Waals surface area contributed by atoms with Gasteiger partial charge in [-0.2, -0.15) is 11.8 Å². The molecule has 0 aliphatic heterocycles. The molecule has 0 saturated carbocycles. The second-order valence-corrected chi connectivity index (χ2v) is 5.10. The number of thioether (sulfide) groups is 1. The van der Waals surface area contributed by atoms with E-state index >= 15 is 0 Å². The minimum absolute atomic E-state index is 0.629. The van der Waals surface area contributed by atoms with Crippen LogP contribution in [0.15, 0.2) is 0 Å². The van der Waals surface area contributed by atoms with Crippen LogP contribution in [0.3, 0.4) is 0 Å². The van der Waals surface area contributed by atoms with Crippen LogP contribution in [0.25, 0.3) is 0 Å². The number of hydrogen-bond acceptors (Lipinski definition) is 3. The maximum atomic E-state index is 3.44. The Labute approximate surface area is 93.8 Å². The van der Waals surface area contributed by atoms with Gasteiger partial charge in [0, 0.05) is 18.3 Å². The number of hydrogen-bond donors (Lipinski definition) is 1. The van der Waals surface area contributed by atoms with Gasteiger partial charge in [-0.3, -0.25) is 0 Å². The number of nitrogens with zero attached hydrogens (tertiary/aromatic N) is 1. The van der Waals surface area contributed by atoms with Gasteiger partial charge in [-0.05, 0) is 39.2 Å². The number of nitrogens with one attached hydrogen (secondary N) is 1. The van der Waals surface area contributed by atoms with Gasteiger partial charge in [0.15, 0.2) is 0 Å². The molecule has 1 N–H and O–H groups in total. The fourth-order valence-corrected chi connectivity index (χ4v) is 1.75. The molecule has 86 valence electrons. The molecule has 0 bridgehead atoms. The van der Waals surface area contributed by atoms with Crippen molar-refractivity contribution in [2.45, 2.75) is 32.7 Å². The molecule has 0 rings (SSSR count). The van der Waals surface area contributed by atoms with E-state index in [1.165, 1.54) is 31.7 Å². The lowest BCUT2D eigenvalue weighted by atomic mass is 10.3. The SMILES string of the molecule is CSCCN(C)CCCCNC(C)C. The average molecular weight is 218 g/mol. The third-order valence-electron chi connectivity index (χ3n) is 2.20. The van der Waals surface area contributed by atoms with Gasteiger partial charge in [0.25, 0.3) is 0 Å². The van der Waals surface area contributed by atoms with Gasteiger partial charge in [-0.15, -0.1) is 0 Å². The standard InChI is InChI=1S/C11H26N2S/c1-11(2)12-7-5-6-8-13(3)9-10-14-4/h11-12H,5-10H2,1-4H3. The van der Waals surface area contributed by atoms with Crippen molar-refractivity contribution in [2.75, 3.05) is 38.7 Å². The fraction of sp³-hybridized carbons (Fsp3) is 1.00. The van der Waals surface area contributed by atoms with Gasteiger partial charge >= 0.3 is 0 Å². The van der Waals surface area contributed by atoms with Gasteiger partial charge in [0.2, 0.25) is 0 Å². The number of unbranched alkanes of at least 4 members (excludes halogenated alkanes) is 1. The second-order valence-electron chi connectivity index (χ2n) is 4.11. The molecule has 0 aromatic heterocycles. The maximum Gasteiger partial charge on any atom is 0.00692 e. The Hall–Kier alpha value is 0.270. The predicted octanol–water partition coefficient (Wildman–Crippen LogP) is 2.06. The molecule has 0 radical (unpaired) electrons. The van der Waals surface area contributed by atoms with Crippen molar-refractivity contribution in [1.29, 1.82) is 0 Å². The average Bonchev–Trinajstić information content (AvgIpc) is 2.13. The first-order valence-electron chi connectivity index (χ1n) is 5.57. The van der Waals surface area contributed by atoms with E-state index < -0.39 is 0 Å². The maximum absolute atomic E-state index is 3.44. The Morgan fingerprint density at radius 2 is 1.93 bits per heavy atom. The predicted molar refractivity (Wildman–Crippen MR) is 68.3 cm³/mol. The summed E-state index contributed by atoms with van der Waals surface area (Å²) in [5, 5.41) is 3.44. The summed E-state index contributed by atoms with van der Waals surface area (Å²) < 4.78 is 0. The largest absolute Gasteiger partial charge is 0.315 e. The van der Waals surface area contributed by atoms with Crippen LogP contribution >= 0.6 is 11.8 Å². The Bertz CT molecular complexity index is 118. The molecule has 2 nitrogen and oxygen atoms in total. The molecule has 0 saturated heterocycles. The van der Waals surface area contributed by atoms with Crippen LogP contribution in [-0.2, 0) is 0 Å². The van der Waals surface area contributed by atoms with Crippen molar-refractivity contribution in [2.24, 2.45) is 0 Å².